The number of nitrogens with one attached hydrogen (secondary N) is 4. The lowest BCUT2D eigenvalue weighted by atomic mass is 10.2. The SMILES string of the molecule is O=C(Nc1ccc(C(=O)Nc2cc(C(F)(F)F)c[nH]c2=O)cc1)NC1CC1. The largest absolute Gasteiger partial charge is 0.417 e. The van der Waals surface area contributed by atoms with Gasteiger partial charge in [0.2, 0.25) is 0 Å². The van der Waals surface area contributed by atoms with Crippen molar-refractivity contribution >= 4 is 23.3 Å². The van der Waals surface area contributed by atoms with Crippen molar-refractivity contribution in [3.63, 3.8) is 0 Å². The molecule has 142 valence electrons. The first-order valence-electron chi connectivity index (χ1n) is 8.01. The second kappa shape index (κ2) is 7.14. The maximum Gasteiger partial charge on any atom is 0.417 e. The van der Waals surface area contributed by atoms with E-state index in [4.69, 9.17) is 0 Å². The summed E-state index contributed by atoms with van der Waals surface area (Å²) in [7, 11) is 0. The molecule has 27 heavy (non-hydrogen) atoms. The fourth-order valence-electron chi connectivity index (χ4n) is 2.22. The number of rotatable bonds is 4. The summed E-state index contributed by atoms with van der Waals surface area (Å²) in [5.74, 6) is -0.756. The minimum atomic E-state index is -4.65. The first-order chi connectivity index (χ1) is 12.7. The molecular formula is C17H15F3N4O3. The molecule has 1 aromatic carbocycles. The van der Waals surface area contributed by atoms with Gasteiger partial charge in [-0.2, -0.15) is 13.2 Å². The van der Waals surface area contributed by atoms with Crippen LogP contribution in [0, 0.1) is 0 Å². The first-order valence-corrected chi connectivity index (χ1v) is 8.01. The van der Waals surface area contributed by atoms with Gasteiger partial charge in [-0.3, -0.25) is 9.59 Å². The molecule has 1 saturated carbocycles. The summed E-state index contributed by atoms with van der Waals surface area (Å²) in [4.78, 5) is 37.4. The van der Waals surface area contributed by atoms with Crippen molar-refractivity contribution in [2.75, 3.05) is 10.6 Å². The van der Waals surface area contributed by atoms with Crippen LogP contribution in [0.2, 0.25) is 0 Å². The molecule has 1 aliphatic rings. The molecule has 0 atom stereocenters. The Hall–Kier alpha value is -3.30. The number of alkyl halides is 3. The van der Waals surface area contributed by atoms with Gasteiger partial charge >= 0.3 is 12.2 Å². The van der Waals surface area contributed by atoms with Crippen LogP contribution >= 0.6 is 0 Å². The molecule has 0 bridgehead atoms. The third kappa shape index (κ3) is 4.87. The van der Waals surface area contributed by atoms with E-state index in [0.717, 1.165) is 12.8 Å². The van der Waals surface area contributed by atoms with Crippen LogP contribution in [0.5, 0.6) is 0 Å². The van der Waals surface area contributed by atoms with Crippen LogP contribution in [0.3, 0.4) is 0 Å². The van der Waals surface area contributed by atoms with E-state index in [2.05, 4.69) is 16.0 Å². The predicted molar refractivity (Wildman–Crippen MR) is 91.6 cm³/mol. The maximum atomic E-state index is 12.7. The summed E-state index contributed by atoms with van der Waals surface area (Å²) in [5.41, 5.74) is -1.90. The molecule has 7 nitrogen and oxygen atoms in total. The van der Waals surface area contributed by atoms with Gasteiger partial charge in [0.1, 0.15) is 5.69 Å². The van der Waals surface area contributed by atoms with E-state index in [1.165, 1.54) is 24.3 Å². The van der Waals surface area contributed by atoms with Crippen molar-refractivity contribution in [2.24, 2.45) is 0 Å². The number of carbonyl (C=O) groups excluding carboxylic acids is 2. The van der Waals surface area contributed by atoms with Crippen molar-refractivity contribution < 1.29 is 22.8 Å². The Morgan fingerprint density at radius 1 is 1.07 bits per heavy atom. The van der Waals surface area contributed by atoms with E-state index in [1.54, 1.807) is 0 Å². The topological polar surface area (TPSA) is 103 Å². The van der Waals surface area contributed by atoms with Gasteiger partial charge in [-0.05, 0) is 43.2 Å². The van der Waals surface area contributed by atoms with Crippen LogP contribution in [0.4, 0.5) is 29.3 Å². The molecule has 1 aromatic heterocycles. The van der Waals surface area contributed by atoms with Crippen LogP contribution < -0.4 is 21.5 Å². The van der Waals surface area contributed by atoms with Gasteiger partial charge in [0.25, 0.3) is 11.5 Å². The zero-order chi connectivity index (χ0) is 19.6. The molecule has 0 unspecified atom stereocenters. The lowest BCUT2D eigenvalue weighted by Crippen LogP contribution is -2.30. The Morgan fingerprint density at radius 2 is 1.74 bits per heavy atom. The molecule has 0 radical (unpaired) electrons. The van der Waals surface area contributed by atoms with Crippen molar-refractivity contribution in [3.8, 4) is 0 Å². The molecule has 2 aromatic rings. The van der Waals surface area contributed by atoms with Crippen LogP contribution in [0.1, 0.15) is 28.8 Å². The zero-order valence-electron chi connectivity index (χ0n) is 13.8. The summed E-state index contributed by atoms with van der Waals surface area (Å²) in [6, 6.07) is 6.10. The number of halogens is 3. The molecule has 4 N–H and O–H groups in total. The standard InChI is InChI=1S/C17H15F3N4O3/c18-17(19,20)10-7-13(15(26)21-8-10)24-14(25)9-1-3-11(4-2-9)22-16(27)23-12-5-6-12/h1-4,7-8,12H,5-6H2,(H,21,26)(H,24,25)(H2,22,23,27). The molecule has 3 rings (SSSR count). The molecule has 1 fully saturated rings. The third-order valence-corrected chi connectivity index (χ3v) is 3.80. The van der Waals surface area contributed by atoms with E-state index in [9.17, 15) is 27.6 Å². The smallest absolute Gasteiger partial charge is 0.335 e. The van der Waals surface area contributed by atoms with Crippen molar-refractivity contribution in [1.29, 1.82) is 0 Å². The van der Waals surface area contributed by atoms with E-state index >= 15 is 0 Å². The quantitative estimate of drug-likeness (QED) is 0.656. The number of H-pyrrole nitrogens is 1. The molecule has 0 spiro atoms. The number of hydrogen-bond donors (Lipinski definition) is 4. The summed E-state index contributed by atoms with van der Waals surface area (Å²) < 4.78 is 38.2. The molecule has 0 saturated heterocycles. The number of aromatic amines is 1. The second-order valence-electron chi connectivity index (χ2n) is 6.03. The van der Waals surface area contributed by atoms with Gasteiger partial charge in [-0.25, -0.2) is 4.79 Å². The van der Waals surface area contributed by atoms with Gasteiger partial charge in [0.05, 0.1) is 5.56 Å². The van der Waals surface area contributed by atoms with Crippen LogP contribution in [0.25, 0.3) is 0 Å². The average molecular weight is 380 g/mol. The highest BCUT2D eigenvalue weighted by atomic mass is 19.4. The highest BCUT2D eigenvalue weighted by molar-refractivity contribution is 6.04. The predicted octanol–water partition coefficient (Wildman–Crippen LogP) is 2.93. The van der Waals surface area contributed by atoms with Gasteiger partial charge in [0.15, 0.2) is 0 Å². The molecule has 1 aliphatic carbocycles. The van der Waals surface area contributed by atoms with Gasteiger partial charge in [-0.1, -0.05) is 0 Å². The number of anilines is 2. The molecule has 3 amide bonds. The van der Waals surface area contributed by atoms with E-state index in [-0.39, 0.29) is 17.6 Å². The van der Waals surface area contributed by atoms with Crippen molar-refractivity contribution in [2.45, 2.75) is 25.1 Å². The Morgan fingerprint density at radius 3 is 2.33 bits per heavy atom. The number of amides is 3. The van der Waals surface area contributed by atoms with Gasteiger partial charge in [-0.15, -0.1) is 0 Å². The highest BCUT2D eigenvalue weighted by Crippen LogP contribution is 2.29. The Kier molecular flexibility index (Phi) is 4.89. The minimum absolute atomic E-state index is 0.111. The van der Waals surface area contributed by atoms with Crippen LogP contribution in [0.15, 0.2) is 41.3 Å². The summed E-state index contributed by atoms with van der Waals surface area (Å²) in [6.07, 6.45) is -2.23. The number of aromatic nitrogens is 1. The number of hydrogen-bond acceptors (Lipinski definition) is 3. The fourth-order valence-corrected chi connectivity index (χ4v) is 2.22. The Labute approximate surface area is 151 Å². The number of urea groups is 1. The summed E-state index contributed by atoms with van der Waals surface area (Å²) in [6.45, 7) is 0. The van der Waals surface area contributed by atoms with Gasteiger partial charge in [0, 0.05) is 23.5 Å². The minimum Gasteiger partial charge on any atom is -0.335 e. The zero-order valence-corrected chi connectivity index (χ0v) is 13.8. The fraction of sp³-hybridized carbons (Fsp3) is 0.235. The molecule has 10 heteroatoms. The Balaban J connectivity index is 1.67. The van der Waals surface area contributed by atoms with E-state index in [1.807, 2.05) is 4.98 Å². The summed E-state index contributed by atoms with van der Waals surface area (Å²) in [5, 5.41) is 7.49. The third-order valence-electron chi connectivity index (χ3n) is 3.80. The van der Waals surface area contributed by atoms with Crippen molar-refractivity contribution in [3.05, 3.63) is 58.0 Å². The molecule has 0 aliphatic heterocycles. The first kappa shape index (κ1) is 18.5. The summed E-state index contributed by atoms with van der Waals surface area (Å²) >= 11 is 0. The maximum absolute atomic E-state index is 12.7. The number of carbonyl (C=O) groups is 2. The normalized spacial score (nSPS) is 13.7. The highest BCUT2D eigenvalue weighted by Gasteiger charge is 2.31. The molecular weight excluding hydrogens is 365 g/mol. The van der Waals surface area contributed by atoms with E-state index in [0.29, 0.717) is 18.0 Å². The molecule has 1 heterocycles. The number of benzene rings is 1. The van der Waals surface area contributed by atoms with Crippen molar-refractivity contribution in [1.82, 2.24) is 10.3 Å². The monoisotopic (exact) mass is 380 g/mol. The van der Waals surface area contributed by atoms with E-state index < -0.39 is 28.9 Å². The van der Waals surface area contributed by atoms with Crippen LogP contribution in [-0.4, -0.2) is 23.0 Å². The number of pyridine rings is 1. The Bertz CT molecular complexity index is 918. The lowest BCUT2D eigenvalue weighted by molar-refractivity contribution is -0.137. The lowest BCUT2D eigenvalue weighted by Gasteiger charge is -2.10. The van der Waals surface area contributed by atoms with Gasteiger partial charge < -0.3 is 20.9 Å². The van der Waals surface area contributed by atoms with Crippen LogP contribution in [-0.2, 0) is 6.18 Å². The second-order valence-corrected chi connectivity index (χ2v) is 6.03. The average Bonchev–Trinajstić information content (AvgIpc) is 3.40.